The quantitative estimate of drug-likeness (QED) is 0.917. The van der Waals surface area contributed by atoms with Gasteiger partial charge in [0.05, 0.1) is 18.2 Å². The predicted molar refractivity (Wildman–Crippen MR) is 83.8 cm³/mol. The fraction of sp³-hybridized carbons (Fsp3) is 0.500. The Morgan fingerprint density at radius 3 is 2.80 bits per heavy atom. The zero-order valence-electron chi connectivity index (χ0n) is 12.3. The molecule has 0 bridgehead atoms. The van der Waals surface area contributed by atoms with Gasteiger partial charge in [0, 0.05) is 13.0 Å². The Hall–Kier alpha value is -1.19. The number of benzene rings is 1. The second-order valence-electron chi connectivity index (χ2n) is 5.28. The van der Waals surface area contributed by atoms with E-state index in [0.29, 0.717) is 29.9 Å². The molecule has 1 aromatic rings. The standard InChI is InChI=1S/C16H22ClNO2/c1-11(2)13(10-18-3)7-12-8-14(17)16-15(9-12)19-5-4-6-20-16/h7-9,11,18H,4-6,10H2,1-3H3. The maximum atomic E-state index is 6.31. The first-order valence-corrected chi connectivity index (χ1v) is 7.44. The van der Waals surface area contributed by atoms with Crippen molar-refractivity contribution in [1.82, 2.24) is 5.32 Å². The molecule has 0 unspecified atom stereocenters. The van der Waals surface area contributed by atoms with Crippen molar-refractivity contribution in [3.8, 4) is 11.5 Å². The zero-order chi connectivity index (χ0) is 14.5. The van der Waals surface area contributed by atoms with Gasteiger partial charge in [0.1, 0.15) is 0 Å². The van der Waals surface area contributed by atoms with E-state index in [0.717, 1.165) is 24.3 Å². The van der Waals surface area contributed by atoms with Crippen LogP contribution in [0.4, 0.5) is 0 Å². The van der Waals surface area contributed by atoms with Crippen LogP contribution in [0, 0.1) is 5.92 Å². The second kappa shape index (κ2) is 7.00. The maximum absolute atomic E-state index is 6.31. The molecule has 0 radical (unpaired) electrons. The molecule has 0 aromatic heterocycles. The van der Waals surface area contributed by atoms with E-state index in [-0.39, 0.29) is 0 Å². The number of nitrogens with one attached hydrogen (secondary N) is 1. The van der Waals surface area contributed by atoms with Crippen molar-refractivity contribution in [3.63, 3.8) is 0 Å². The fourth-order valence-corrected chi connectivity index (χ4v) is 2.45. The summed E-state index contributed by atoms with van der Waals surface area (Å²) in [6, 6.07) is 3.94. The summed E-state index contributed by atoms with van der Waals surface area (Å²) >= 11 is 6.31. The van der Waals surface area contributed by atoms with Gasteiger partial charge in [-0.05, 0) is 30.7 Å². The molecule has 3 nitrogen and oxygen atoms in total. The molecule has 1 aliphatic rings. The molecule has 0 fully saturated rings. The van der Waals surface area contributed by atoms with Gasteiger partial charge < -0.3 is 14.8 Å². The molecule has 4 heteroatoms. The molecule has 1 N–H and O–H groups in total. The number of hydrogen-bond acceptors (Lipinski definition) is 3. The highest BCUT2D eigenvalue weighted by atomic mass is 35.5. The zero-order valence-corrected chi connectivity index (χ0v) is 13.1. The molecule has 0 saturated carbocycles. The van der Waals surface area contributed by atoms with Gasteiger partial charge in [0.2, 0.25) is 0 Å². The third kappa shape index (κ3) is 3.68. The third-order valence-electron chi connectivity index (χ3n) is 3.30. The highest BCUT2D eigenvalue weighted by Gasteiger charge is 2.15. The van der Waals surface area contributed by atoms with Crippen LogP contribution in [-0.2, 0) is 0 Å². The van der Waals surface area contributed by atoms with E-state index in [2.05, 4.69) is 25.2 Å². The van der Waals surface area contributed by atoms with Gasteiger partial charge in [-0.3, -0.25) is 0 Å². The summed E-state index contributed by atoms with van der Waals surface area (Å²) in [5.41, 5.74) is 2.39. The normalized spacial score (nSPS) is 15.3. The average molecular weight is 296 g/mol. The van der Waals surface area contributed by atoms with Gasteiger partial charge in [-0.2, -0.15) is 0 Å². The molecule has 0 amide bonds. The van der Waals surface area contributed by atoms with Crippen LogP contribution in [0.5, 0.6) is 11.5 Å². The Morgan fingerprint density at radius 1 is 1.35 bits per heavy atom. The third-order valence-corrected chi connectivity index (χ3v) is 3.58. The second-order valence-corrected chi connectivity index (χ2v) is 5.69. The van der Waals surface area contributed by atoms with Crippen LogP contribution in [0.25, 0.3) is 6.08 Å². The van der Waals surface area contributed by atoms with Crippen molar-refractivity contribution in [2.24, 2.45) is 5.92 Å². The number of halogens is 1. The molecule has 1 aliphatic heterocycles. The lowest BCUT2D eigenvalue weighted by molar-refractivity contribution is 0.297. The Labute approximate surface area is 125 Å². The Kier molecular flexibility index (Phi) is 5.32. The van der Waals surface area contributed by atoms with Gasteiger partial charge in [0.15, 0.2) is 11.5 Å². The summed E-state index contributed by atoms with van der Waals surface area (Å²) in [6.45, 7) is 6.56. The van der Waals surface area contributed by atoms with Crippen molar-refractivity contribution in [2.45, 2.75) is 20.3 Å². The van der Waals surface area contributed by atoms with E-state index in [1.807, 2.05) is 19.2 Å². The highest BCUT2D eigenvalue weighted by molar-refractivity contribution is 6.32. The molecule has 0 atom stereocenters. The van der Waals surface area contributed by atoms with Crippen LogP contribution in [0.15, 0.2) is 17.7 Å². The summed E-state index contributed by atoms with van der Waals surface area (Å²) < 4.78 is 11.4. The fourth-order valence-electron chi connectivity index (χ4n) is 2.17. The van der Waals surface area contributed by atoms with Crippen LogP contribution in [-0.4, -0.2) is 26.8 Å². The average Bonchev–Trinajstić information content (AvgIpc) is 2.63. The first-order valence-electron chi connectivity index (χ1n) is 7.06. The van der Waals surface area contributed by atoms with Crippen molar-refractivity contribution < 1.29 is 9.47 Å². The van der Waals surface area contributed by atoms with Crippen molar-refractivity contribution in [3.05, 3.63) is 28.3 Å². The number of hydrogen-bond donors (Lipinski definition) is 1. The van der Waals surface area contributed by atoms with Gasteiger partial charge in [-0.15, -0.1) is 0 Å². The monoisotopic (exact) mass is 295 g/mol. The first-order chi connectivity index (χ1) is 9.61. The molecule has 0 saturated heterocycles. The van der Waals surface area contributed by atoms with Crippen molar-refractivity contribution >= 4 is 17.7 Å². The molecule has 20 heavy (non-hydrogen) atoms. The summed E-state index contributed by atoms with van der Waals surface area (Å²) in [5.74, 6) is 1.90. The molecular weight excluding hydrogens is 274 g/mol. The van der Waals surface area contributed by atoms with Crippen LogP contribution >= 0.6 is 11.6 Å². The predicted octanol–water partition coefficient (Wildman–Crippen LogP) is 3.76. The maximum Gasteiger partial charge on any atom is 0.179 e. The summed E-state index contributed by atoms with van der Waals surface area (Å²) in [7, 11) is 1.96. The van der Waals surface area contributed by atoms with Gasteiger partial charge >= 0.3 is 0 Å². The molecule has 0 spiro atoms. The topological polar surface area (TPSA) is 30.5 Å². The van der Waals surface area contributed by atoms with Gasteiger partial charge in [0.25, 0.3) is 0 Å². The SMILES string of the molecule is CNCC(=Cc1cc(Cl)c2c(c1)OCCCO2)C(C)C. The van der Waals surface area contributed by atoms with Crippen LogP contribution in [0.3, 0.4) is 0 Å². The molecule has 1 aromatic carbocycles. The lowest BCUT2D eigenvalue weighted by atomic mass is 10.00. The van der Waals surface area contributed by atoms with E-state index in [9.17, 15) is 0 Å². The van der Waals surface area contributed by atoms with E-state index in [1.165, 1.54) is 5.57 Å². The number of fused-ring (bicyclic) bond motifs is 1. The minimum absolute atomic E-state index is 0.484. The minimum atomic E-state index is 0.484. The van der Waals surface area contributed by atoms with Crippen molar-refractivity contribution in [2.75, 3.05) is 26.8 Å². The summed E-state index contributed by atoms with van der Waals surface area (Å²) in [6.07, 6.45) is 3.05. The Morgan fingerprint density at radius 2 is 2.10 bits per heavy atom. The van der Waals surface area contributed by atoms with E-state index >= 15 is 0 Å². The lowest BCUT2D eigenvalue weighted by Crippen LogP contribution is -2.13. The molecule has 110 valence electrons. The number of ether oxygens (including phenoxy) is 2. The van der Waals surface area contributed by atoms with E-state index < -0.39 is 0 Å². The van der Waals surface area contributed by atoms with Gasteiger partial charge in [-0.25, -0.2) is 0 Å². The molecule has 1 heterocycles. The minimum Gasteiger partial charge on any atom is -0.489 e. The largest absolute Gasteiger partial charge is 0.489 e. The van der Waals surface area contributed by atoms with Crippen LogP contribution in [0.2, 0.25) is 5.02 Å². The molecule has 2 rings (SSSR count). The molecule has 0 aliphatic carbocycles. The van der Waals surface area contributed by atoms with Gasteiger partial charge in [-0.1, -0.05) is 37.1 Å². The first kappa shape index (κ1) is 15.2. The van der Waals surface area contributed by atoms with E-state index in [4.69, 9.17) is 21.1 Å². The van der Waals surface area contributed by atoms with Crippen LogP contribution < -0.4 is 14.8 Å². The number of likely N-dealkylation sites (N-methyl/N-ethyl adjacent to an activating group) is 1. The van der Waals surface area contributed by atoms with Crippen LogP contribution in [0.1, 0.15) is 25.8 Å². The smallest absolute Gasteiger partial charge is 0.179 e. The highest BCUT2D eigenvalue weighted by Crippen LogP contribution is 2.38. The number of rotatable bonds is 4. The summed E-state index contributed by atoms with van der Waals surface area (Å²) in [4.78, 5) is 0. The molecular formula is C16H22ClNO2. The van der Waals surface area contributed by atoms with E-state index in [1.54, 1.807) is 0 Å². The Bertz CT molecular complexity index is 497. The van der Waals surface area contributed by atoms with Crippen molar-refractivity contribution in [1.29, 1.82) is 0 Å². The lowest BCUT2D eigenvalue weighted by Gasteiger charge is -2.13. The Balaban J connectivity index is 2.35. The summed E-state index contributed by atoms with van der Waals surface area (Å²) in [5, 5.41) is 3.81.